The fourth-order valence-corrected chi connectivity index (χ4v) is 2.74. The summed E-state index contributed by atoms with van der Waals surface area (Å²) in [5.41, 5.74) is -0.266. The highest BCUT2D eigenvalue weighted by molar-refractivity contribution is 5.68. The lowest BCUT2D eigenvalue weighted by Gasteiger charge is -2.35. The molecule has 2 aliphatic heterocycles. The normalized spacial score (nSPS) is 29.2. The number of rotatable bonds is 2. The monoisotopic (exact) mass is 255 g/mol. The Morgan fingerprint density at radius 1 is 1.39 bits per heavy atom. The van der Waals surface area contributed by atoms with E-state index in [0.717, 1.165) is 39.0 Å². The van der Waals surface area contributed by atoms with Gasteiger partial charge in [-0.1, -0.05) is 6.92 Å². The first-order valence-corrected chi connectivity index (χ1v) is 6.98. The predicted octanol–water partition coefficient (Wildman–Crippen LogP) is 2.81. The molecule has 2 rings (SSSR count). The summed E-state index contributed by atoms with van der Waals surface area (Å²) >= 11 is 0. The SMILES string of the molecule is CC[C@]1(C2CCN(C(=O)OC(C)(C)C)CC2)CO1. The van der Waals surface area contributed by atoms with Crippen molar-refractivity contribution in [3.8, 4) is 0 Å². The average Bonchev–Trinajstić information content (AvgIpc) is 3.08. The minimum atomic E-state index is -0.405. The maximum Gasteiger partial charge on any atom is 0.410 e. The molecule has 2 heterocycles. The molecular weight excluding hydrogens is 230 g/mol. The molecule has 4 nitrogen and oxygen atoms in total. The van der Waals surface area contributed by atoms with Gasteiger partial charge in [0.15, 0.2) is 0 Å². The largest absolute Gasteiger partial charge is 0.444 e. The fraction of sp³-hybridized carbons (Fsp3) is 0.929. The molecule has 0 aromatic carbocycles. The van der Waals surface area contributed by atoms with E-state index in [2.05, 4.69) is 6.92 Å². The van der Waals surface area contributed by atoms with Crippen molar-refractivity contribution in [3.63, 3.8) is 0 Å². The van der Waals surface area contributed by atoms with Gasteiger partial charge in [-0.25, -0.2) is 4.79 Å². The Kier molecular flexibility index (Phi) is 3.58. The quantitative estimate of drug-likeness (QED) is 0.712. The molecule has 2 fully saturated rings. The molecule has 0 spiro atoms. The summed E-state index contributed by atoms with van der Waals surface area (Å²) in [4.78, 5) is 13.8. The smallest absolute Gasteiger partial charge is 0.410 e. The number of hydrogen-bond acceptors (Lipinski definition) is 3. The number of ether oxygens (including phenoxy) is 2. The number of hydrogen-bond donors (Lipinski definition) is 0. The van der Waals surface area contributed by atoms with Gasteiger partial charge in [0.1, 0.15) is 5.60 Å². The van der Waals surface area contributed by atoms with Crippen LogP contribution in [0.25, 0.3) is 0 Å². The van der Waals surface area contributed by atoms with E-state index in [0.29, 0.717) is 5.92 Å². The fourth-order valence-electron chi connectivity index (χ4n) is 2.74. The van der Waals surface area contributed by atoms with E-state index < -0.39 is 5.60 Å². The van der Waals surface area contributed by atoms with Crippen molar-refractivity contribution in [1.82, 2.24) is 4.90 Å². The third-order valence-corrected chi connectivity index (χ3v) is 4.00. The van der Waals surface area contributed by atoms with Gasteiger partial charge in [-0.05, 0) is 46.0 Å². The molecule has 4 heteroatoms. The van der Waals surface area contributed by atoms with Crippen LogP contribution in [0.5, 0.6) is 0 Å². The molecule has 0 unspecified atom stereocenters. The highest BCUT2D eigenvalue weighted by atomic mass is 16.6. The second-order valence-electron chi connectivity index (χ2n) is 6.45. The van der Waals surface area contributed by atoms with Gasteiger partial charge in [-0.3, -0.25) is 0 Å². The van der Waals surface area contributed by atoms with Crippen molar-refractivity contribution in [2.75, 3.05) is 19.7 Å². The summed E-state index contributed by atoms with van der Waals surface area (Å²) < 4.78 is 11.0. The van der Waals surface area contributed by atoms with Crippen molar-refractivity contribution in [1.29, 1.82) is 0 Å². The molecule has 0 aromatic rings. The zero-order valence-corrected chi connectivity index (χ0v) is 12.0. The van der Waals surface area contributed by atoms with Crippen molar-refractivity contribution < 1.29 is 14.3 Å². The number of likely N-dealkylation sites (tertiary alicyclic amines) is 1. The van der Waals surface area contributed by atoms with Gasteiger partial charge in [-0.2, -0.15) is 0 Å². The van der Waals surface area contributed by atoms with Gasteiger partial charge < -0.3 is 14.4 Å². The van der Waals surface area contributed by atoms with Crippen molar-refractivity contribution in [3.05, 3.63) is 0 Å². The van der Waals surface area contributed by atoms with Gasteiger partial charge in [-0.15, -0.1) is 0 Å². The Bertz CT molecular complexity index is 309. The first kappa shape index (κ1) is 13.7. The van der Waals surface area contributed by atoms with Crippen molar-refractivity contribution in [2.24, 2.45) is 5.92 Å². The molecule has 1 amide bonds. The third kappa shape index (κ3) is 2.97. The number of epoxide rings is 1. The number of amides is 1. The number of nitrogens with zero attached hydrogens (tertiary/aromatic N) is 1. The van der Waals surface area contributed by atoms with Crippen LogP contribution in [0.4, 0.5) is 4.79 Å². The summed E-state index contributed by atoms with van der Waals surface area (Å²) in [7, 11) is 0. The second-order valence-corrected chi connectivity index (χ2v) is 6.45. The Morgan fingerprint density at radius 2 is 1.94 bits per heavy atom. The molecule has 1 atom stereocenters. The minimum Gasteiger partial charge on any atom is -0.444 e. The number of carbonyl (C=O) groups is 1. The highest BCUT2D eigenvalue weighted by Crippen LogP contribution is 2.43. The predicted molar refractivity (Wildman–Crippen MR) is 69.5 cm³/mol. The van der Waals surface area contributed by atoms with E-state index in [9.17, 15) is 4.79 Å². The number of piperidine rings is 1. The van der Waals surface area contributed by atoms with Crippen LogP contribution in [0, 0.1) is 5.92 Å². The van der Waals surface area contributed by atoms with Crippen molar-refractivity contribution >= 4 is 6.09 Å². The summed E-state index contributed by atoms with van der Waals surface area (Å²) in [6.45, 7) is 10.4. The lowest BCUT2D eigenvalue weighted by atomic mass is 9.83. The van der Waals surface area contributed by atoms with Crippen molar-refractivity contribution in [2.45, 2.75) is 58.2 Å². The van der Waals surface area contributed by atoms with Crippen LogP contribution >= 0.6 is 0 Å². The Morgan fingerprint density at radius 3 is 2.33 bits per heavy atom. The van der Waals surface area contributed by atoms with Crippen LogP contribution in [0.3, 0.4) is 0 Å². The summed E-state index contributed by atoms with van der Waals surface area (Å²) in [5, 5.41) is 0. The molecular formula is C14H25NO3. The lowest BCUT2D eigenvalue weighted by molar-refractivity contribution is 0.0141. The van der Waals surface area contributed by atoms with Gasteiger partial charge in [0.25, 0.3) is 0 Å². The second kappa shape index (κ2) is 4.72. The molecule has 2 aliphatic rings. The van der Waals surface area contributed by atoms with E-state index in [1.54, 1.807) is 0 Å². The highest BCUT2D eigenvalue weighted by Gasteiger charge is 2.50. The number of carbonyl (C=O) groups excluding carboxylic acids is 1. The van der Waals surface area contributed by atoms with Crippen LogP contribution < -0.4 is 0 Å². The molecule has 104 valence electrons. The maximum atomic E-state index is 11.9. The van der Waals surface area contributed by atoms with Crippen LogP contribution in [-0.2, 0) is 9.47 Å². The van der Waals surface area contributed by atoms with E-state index in [-0.39, 0.29) is 11.7 Å². The molecule has 0 aromatic heterocycles. The Labute approximate surface area is 110 Å². The Balaban J connectivity index is 1.82. The van der Waals surface area contributed by atoms with E-state index >= 15 is 0 Å². The topological polar surface area (TPSA) is 42.1 Å². The Hall–Kier alpha value is -0.770. The average molecular weight is 255 g/mol. The minimum absolute atomic E-state index is 0.139. The van der Waals surface area contributed by atoms with Gasteiger partial charge >= 0.3 is 6.09 Å². The standard InChI is InChI=1S/C14H25NO3/c1-5-14(10-17-14)11-6-8-15(9-7-11)12(16)18-13(2,3)4/h11H,5-10H2,1-4H3/t14-/m1/s1. The van der Waals surface area contributed by atoms with Gasteiger partial charge in [0, 0.05) is 13.1 Å². The van der Waals surface area contributed by atoms with Crippen LogP contribution in [0.2, 0.25) is 0 Å². The van der Waals surface area contributed by atoms with Crippen LogP contribution in [0.15, 0.2) is 0 Å². The summed E-state index contributed by atoms with van der Waals surface area (Å²) in [6.07, 6.45) is 2.98. The molecule has 18 heavy (non-hydrogen) atoms. The molecule has 0 aliphatic carbocycles. The molecule has 0 N–H and O–H groups in total. The molecule has 0 bridgehead atoms. The maximum absolute atomic E-state index is 11.9. The first-order valence-electron chi connectivity index (χ1n) is 6.98. The summed E-state index contributed by atoms with van der Waals surface area (Å²) in [6, 6.07) is 0. The molecule has 0 radical (unpaired) electrons. The molecule has 2 saturated heterocycles. The lowest BCUT2D eigenvalue weighted by Crippen LogP contribution is -2.44. The van der Waals surface area contributed by atoms with E-state index in [4.69, 9.17) is 9.47 Å². The van der Waals surface area contributed by atoms with E-state index in [1.165, 1.54) is 0 Å². The van der Waals surface area contributed by atoms with Gasteiger partial charge in [0.05, 0.1) is 12.2 Å². The summed E-state index contributed by atoms with van der Waals surface area (Å²) in [5.74, 6) is 0.612. The third-order valence-electron chi connectivity index (χ3n) is 4.00. The molecule has 0 saturated carbocycles. The zero-order valence-electron chi connectivity index (χ0n) is 12.0. The zero-order chi connectivity index (χ0) is 13.4. The van der Waals surface area contributed by atoms with Gasteiger partial charge in [0.2, 0.25) is 0 Å². The van der Waals surface area contributed by atoms with E-state index in [1.807, 2.05) is 25.7 Å². The van der Waals surface area contributed by atoms with Crippen LogP contribution in [-0.4, -0.2) is 41.9 Å². The van der Waals surface area contributed by atoms with Crippen LogP contribution in [0.1, 0.15) is 47.0 Å². The first-order chi connectivity index (χ1) is 8.36.